The number of hydrogen-bond acceptors (Lipinski definition) is 3. The Morgan fingerprint density at radius 3 is 2.40 bits per heavy atom. The Kier molecular flexibility index (Phi) is 3.59. The molecule has 0 radical (unpaired) electrons. The molecule has 15 heavy (non-hydrogen) atoms. The van der Waals surface area contributed by atoms with Crippen molar-refractivity contribution in [3.05, 3.63) is 0 Å². The van der Waals surface area contributed by atoms with Crippen LogP contribution < -0.4 is 0 Å². The molecule has 88 valence electrons. The van der Waals surface area contributed by atoms with E-state index in [1.807, 2.05) is 0 Å². The topological polar surface area (TPSA) is 46.5 Å². The molecular weight excluding hydrogens is 213 g/mol. The van der Waals surface area contributed by atoms with Gasteiger partial charge in [0.15, 0.2) is 0 Å². The Balaban J connectivity index is 2.68. The summed E-state index contributed by atoms with van der Waals surface area (Å²) in [5, 5.41) is 9.25. The third-order valence-electron chi connectivity index (χ3n) is 2.68. The number of hydrogen-bond donors (Lipinski definition) is 1. The maximum atomic E-state index is 12.4. The molecule has 0 spiro atoms. The predicted octanol–water partition coefficient (Wildman–Crippen LogP) is 1.50. The number of halogens is 3. The zero-order valence-electron chi connectivity index (χ0n) is 8.25. The van der Waals surface area contributed by atoms with Crippen LogP contribution in [0, 0.1) is 11.8 Å². The van der Waals surface area contributed by atoms with Gasteiger partial charge in [-0.15, -0.1) is 0 Å². The Morgan fingerprint density at radius 2 is 1.93 bits per heavy atom. The van der Waals surface area contributed by atoms with Crippen molar-refractivity contribution in [3.63, 3.8) is 0 Å². The maximum absolute atomic E-state index is 12.4. The third kappa shape index (κ3) is 3.09. The van der Waals surface area contributed by atoms with Gasteiger partial charge in [0, 0.05) is 0 Å². The summed E-state index contributed by atoms with van der Waals surface area (Å²) < 4.78 is 41.6. The molecule has 0 bridgehead atoms. The summed E-state index contributed by atoms with van der Waals surface area (Å²) in [6, 6.07) is 0. The summed E-state index contributed by atoms with van der Waals surface area (Å²) in [4.78, 5) is 11.1. The van der Waals surface area contributed by atoms with Crippen LogP contribution >= 0.6 is 0 Å². The van der Waals surface area contributed by atoms with Gasteiger partial charge in [-0.25, -0.2) is 0 Å². The number of alkyl halides is 3. The van der Waals surface area contributed by atoms with E-state index in [0.29, 0.717) is 0 Å². The van der Waals surface area contributed by atoms with E-state index >= 15 is 0 Å². The van der Waals surface area contributed by atoms with Crippen molar-refractivity contribution < 1.29 is 27.8 Å². The molecular formula is C9H13F3O3. The van der Waals surface area contributed by atoms with Crippen molar-refractivity contribution in [1.29, 1.82) is 0 Å². The molecule has 0 aliphatic heterocycles. The molecule has 1 saturated carbocycles. The monoisotopic (exact) mass is 226 g/mol. The summed E-state index contributed by atoms with van der Waals surface area (Å²) in [6.07, 6.45) is -5.98. The van der Waals surface area contributed by atoms with Crippen LogP contribution in [0.5, 0.6) is 0 Å². The number of carbonyl (C=O) groups excluding carboxylic acids is 1. The molecule has 0 aromatic heterocycles. The van der Waals surface area contributed by atoms with Crippen LogP contribution in [-0.4, -0.2) is 30.5 Å². The first-order valence-corrected chi connectivity index (χ1v) is 4.67. The number of carbonyl (C=O) groups is 1. The summed E-state index contributed by atoms with van der Waals surface area (Å²) in [7, 11) is 1.13. The van der Waals surface area contributed by atoms with Crippen molar-refractivity contribution >= 4 is 5.97 Å². The highest BCUT2D eigenvalue weighted by Gasteiger charge is 2.46. The molecule has 3 atom stereocenters. The van der Waals surface area contributed by atoms with Gasteiger partial charge in [-0.05, 0) is 19.3 Å². The number of ether oxygens (including phenoxy) is 1. The molecule has 6 heteroatoms. The van der Waals surface area contributed by atoms with Gasteiger partial charge in [0.2, 0.25) is 0 Å². The zero-order valence-corrected chi connectivity index (χ0v) is 8.25. The highest BCUT2D eigenvalue weighted by atomic mass is 19.4. The standard InChI is InChI=1S/C9H13F3O3/c1-15-8(14)5-2-6(9(10,11)12)4-7(13)3-5/h5-7,13H,2-4H2,1H3/t5-,6+,7-/m1/s1. The van der Waals surface area contributed by atoms with Crippen molar-refractivity contribution in [3.8, 4) is 0 Å². The molecule has 0 amide bonds. The van der Waals surface area contributed by atoms with Gasteiger partial charge in [0.25, 0.3) is 0 Å². The lowest BCUT2D eigenvalue weighted by Gasteiger charge is -2.32. The molecule has 1 aliphatic rings. The molecule has 0 aromatic carbocycles. The number of aliphatic hydroxyl groups is 1. The second-order valence-electron chi connectivity index (χ2n) is 3.82. The molecule has 3 nitrogen and oxygen atoms in total. The number of aliphatic hydroxyl groups excluding tert-OH is 1. The minimum atomic E-state index is -4.35. The van der Waals surface area contributed by atoms with Crippen LogP contribution in [0.2, 0.25) is 0 Å². The van der Waals surface area contributed by atoms with E-state index in [1.54, 1.807) is 0 Å². The first kappa shape index (κ1) is 12.3. The Bertz CT molecular complexity index is 239. The number of methoxy groups -OCH3 is 1. The normalized spacial score (nSPS) is 32.5. The lowest BCUT2D eigenvalue weighted by molar-refractivity contribution is -0.197. The number of esters is 1. The summed E-state index contributed by atoms with van der Waals surface area (Å²) >= 11 is 0. The van der Waals surface area contributed by atoms with E-state index in [-0.39, 0.29) is 19.3 Å². The van der Waals surface area contributed by atoms with Gasteiger partial charge in [0.1, 0.15) is 0 Å². The second-order valence-corrected chi connectivity index (χ2v) is 3.82. The fourth-order valence-corrected chi connectivity index (χ4v) is 1.92. The molecule has 1 N–H and O–H groups in total. The number of rotatable bonds is 1. The van der Waals surface area contributed by atoms with Crippen molar-refractivity contribution in [2.45, 2.75) is 31.5 Å². The van der Waals surface area contributed by atoms with E-state index < -0.39 is 30.1 Å². The quantitative estimate of drug-likeness (QED) is 0.689. The fourth-order valence-electron chi connectivity index (χ4n) is 1.92. The second kappa shape index (κ2) is 4.38. The van der Waals surface area contributed by atoms with Crippen molar-refractivity contribution in [1.82, 2.24) is 0 Å². The van der Waals surface area contributed by atoms with Gasteiger partial charge in [0.05, 0.1) is 25.0 Å². The lowest BCUT2D eigenvalue weighted by atomic mass is 9.79. The van der Waals surface area contributed by atoms with Gasteiger partial charge in [-0.1, -0.05) is 0 Å². The van der Waals surface area contributed by atoms with E-state index in [2.05, 4.69) is 4.74 Å². The summed E-state index contributed by atoms with van der Waals surface area (Å²) in [5.74, 6) is -3.13. The van der Waals surface area contributed by atoms with Crippen LogP contribution in [0.1, 0.15) is 19.3 Å². The Morgan fingerprint density at radius 1 is 1.33 bits per heavy atom. The average Bonchev–Trinajstić information content (AvgIpc) is 2.14. The predicted molar refractivity (Wildman–Crippen MR) is 44.9 cm³/mol. The minimum Gasteiger partial charge on any atom is -0.469 e. The molecule has 0 unspecified atom stereocenters. The van der Waals surface area contributed by atoms with Gasteiger partial charge < -0.3 is 9.84 Å². The first-order valence-electron chi connectivity index (χ1n) is 4.67. The molecule has 0 saturated heterocycles. The van der Waals surface area contributed by atoms with Crippen molar-refractivity contribution in [2.75, 3.05) is 7.11 Å². The van der Waals surface area contributed by atoms with Crippen LogP contribution in [-0.2, 0) is 9.53 Å². The molecule has 1 fully saturated rings. The average molecular weight is 226 g/mol. The SMILES string of the molecule is COC(=O)[C@H]1C[C@@H](O)C[C@@H](C(F)(F)F)C1. The summed E-state index contributed by atoms with van der Waals surface area (Å²) in [6.45, 7) is 0. The maximum Gasteiger partial charge on any atom is 0.391 e. The van der Waals surface area contributed by atoms with E-state index in [4.69, 9.17) is 0 Å². The van der Waals surface area contributed by atoms with Crippen LogP contribution in [0.25, 0.3) is 0 Å². The zero-order chi connectivity index (χ0) is 11.6. The van der Waals surface area contributed by atoms with E-state index in [1.165, 1.54) is 0 Å². The fraction of sp³-hybridized carbons (Fsp3) is 0.889. The summed E-state index contributed by atoms with van der Waals surface area (Å²) in [5.41, 5.74) is 0. The smallest absolute Gasteiger partial charge is 0.391 e. The lowest BCUT2D eigenvalue weighted by Crippen LogP contribution is -2.38. The van der Waals surface area contributed by atoms with E-state index in [9.17, 15) is 23.1 Å². The van der Waals surface area contributed by atoms with Crippen LogP contribution in [0.3, 0.4) is 0 Å². The largest absolute Gasteiger partial charge is 0.469 e. The van der Waals surface area contributed by atoms with Gasteiger partial charge in [-0.2, -0.15) is 13.2 Å². The highest BCUT2D eigenvalue weighted by Crippen LogP contribution is 2.40. The third-order valence-corrected chi connectivity index (χ3v) is 2.68. The first-order chi connectivity index (χ1) is 6.84. The van der Waals surface area contributed by atoms with Crippen LogP contribution in [0.4, 0.5) is 13.2 Å². The van der Waals surface area contributed by atoms with Crippen LogP contribution in [0.15, 0.2) is 0 Å². The molecule has 0 aromatic rings. The van der Waals surface area contributed by atoms with Gasteiger partial charge in [-0.3, -0.25) is 4.79 Å². The van der Waals surface area contributed by atoms with E-state index in [0.717, 1.165) is 7.11 Å². The molecule has 1 rings (SSSR count). The Hall–Kier alpha value is -0.780. The molecule has 1 aliphatic carbocycles. The van der Waals surface area contributed by atoms with Crippen molar-refractivity contribution in [2.24, 2.45) is 11.8 Å². The molecule has 0 heterocycles. The highest BCUT2D eigenvalue weighted by molar-refractivity contribution is 5.72. The Labute approximate surface area is 85.2 Å². The van der Waals surface area contributed by atoms with Gasteiger partial charge >= 0.3 is 12.1 Å². The minimum absolute atomic E-state index is 0.0548.